The van der Waals surface area contributed by atoms with Crippen molar-refractivity contribution in [2.45, 2.75) is 6.54 Å². The number of carbonyl (C=O) groups is 1. The van der Waals surface area contributed by atoms with Crippen LogP contribution in [0, 0.1) is 0 Å². The van der Waals surface area contributed by atoms with Crippen molar-refractivity contribution < 1.29 is 13.2 Å². The lowest BCUT2D eigenvalue weighted by molar-refractivity contribution is 0.103. The molecule has 5 nitrogen and oxygen atoms in total. The quantitative estimate of drug-likeness (QED) is 0.812. The Bertz CT molecular complexity index is 817. The van der Waals surface area contributed by atoms with Gasteiger partial charge in [0.05, 0.1) is 20.2 Å². The number of sulfone groups is 1. The zero-order valence-electron chi connectivity index (χ0n) is 12.9. The van der Waals surface area contributed by atoms with E-state index in [2.05, 4.69) is 26.1 Å². The Hall–Kier alpha value is -1.22. The van der Waals surface area contributed by atoms with Gasteiger partial charge in [-0.1, -0.05) is 12.1 Å². The molecule has 0 spiro atoms. The van der Waals surface area contributed by atoms with Gasteiger partial charge >= 0.3 is 0 Å². The van der Waals surface area contributed by atoms with Gasteiger partial charge in [-0.05, 0) is 45.8 Å². The van der Waals surface area contributed by atoms with E-state index in [1.165, 1.54) is 11.3 Å². The molecule has 1 saturated heterocycles. The molecule has 1 aromatic heterocycles. The number of amides is 1. The van der Waals surface area contributed by atoms with E-state index in [-0.39, 0.29) is 17.4 Å². The second kappa shape index (κ2) is 7.35. The van der Waals surface area contributed by atoms with Gasteiger partial charge in [-0.25, -0.2) is 8.42 Å². The summed E-state index contributed by atoms with van der Waals surface area (Å²) in [7, 11) is -2.84. The van der Waals surface area contributed by atoms with Crippen molar-refractivity contribution in [3.63, 3.8) is 0 Å². The van der Waals surface area contributed by atoms with Crippen LogP contribution < -0.4 is 5.32 Å². The molecule has 128 valence electrons. The Morgan fingerprint density at radius 3 is 2.38 bits per heavy atom. The molecular weight excluding hydrogens is 412 g/mol. The van der Waals surface area contributed by atoms with Gasteiger partial charge in [-0.15, -0.1) is 11.3 Å². The molecule has 0 bridgehead atoms. The molecule has 0 atom stereocenters. The Morgan fingerprint density at radius 2 is 1.79 bits per heavy atom. The van der Waals surface area contributed by atoms with Crippen LogP contribution in [0.15, 0.2) is 40.2 Å². The first-order chi connectivity index (χ1) is 11.4. The maximum absolute atomic E-state index is 12.1. The first-order valence-corrected chi connectivity index (χ1v) is 10.9. The highest BCUT2D eigenvalue weighted by Crippen LogP contribution is 2.23. The number of nitrogens with zero attached hydrogens (tertiary/aromatic N) is 1. The largest absolute Gasteiger partial charge is 0.321 e. The van der Waals surface area contributed by atoms with Crippen LogP contribution in [0.5, 0.6) is 0 Å². The lowest BCUT2D eigenvalue weighted by atomic mass is 10.2. The van der Waals surface area contributed by atoms with Gasteiger partial charge in [0, 0.05) is 25.3 Å². The average Bonchev–Trinajstić information content (AvgIpc) is 2.98. The molecule has 3 rings (SSSR count). The minimum atomic E-state index is -2.84. The van der Waals surface area contributed by atoms with Crippen LogP contribution in [-0.4, -0.2) is 43.8 Å². The molecule has 1 fully saturated rings. The summed E-state index contributed by atoms with van der Waals surface area (Å²) in [5, 5.41) is 2.87. The smallest absolute Gasteiger partial charge is 0.265 e. The Morgan fingerprint density at radius 1 is 1.12 bits per heavy atom. The van der Waals surface area contributed by atoms with E-state index in [0.29, 0.717) is 18.0 Å². The lowest BCUT2D eigenvalue weighted by Gasteiger charge is -2.26. The topological polar surface area (TPSA) is 66.5 Å². The molecule has 2 heterocycles. The first kappa shape index (κ1) is 17.6. The minimum absolute atomic E-state index is 0.125. The van der Waals surface area contributed by atoms with Gasteiger partial charge in [0.25, 0.3) is 5.91 Å². The maximum atomic E-state index is 12.1. The van der Waals surface area contributed by atoms with Crippen molar-refractivity contribution in [1.82, 2.24) is 4.90 Å². The third kappa shape index (κ3) is 4.66. The number of carbonyl (C=O) groups excluding carboxylic acids is 1. The highest BCUT2D eigenvalue weighted by Gasteiger charge is 2.21. The number of thiophene rings is 1. The van der Waals surface area contributed by atoms with Gasteiger partial charge < -0.3 is 5.32 Å². The number of anilines is 1. The number of hydrogen-bond donors (Lipinski definition) is 1. The van der Waals surface area contributed by atoms with Crippen LogP contribution in [-0.2, 0) is 16.4 Å². The number of rotatable bonds is 4. The molecule has 8 heteroatoms. The van der Waals surface area contributed by atoms with Crippen molar-refractivity contribution in [1.29, 1.82) is 0 Å². The standard InChI is InChI=1S/C16H17BrN2O3S2/c17-15-6-5-14(23-15)16(20)18-13-3-1-12(2-4-13)11-19-7-9-24(21,22)10-8-19/h1-6H,7-11H2,(H,18,20). The fourth-order valence-corrected chi connectivity index (χ4v) is 5.05. The fraction of sp³-hybridized carbons (Fsp3) is 0.312. The molecule has 1 amide bonds. The van der Waals surface area contributed by atoms with Crippen LogP contribution in [0.3, 0.4) is 0 Å². The van der Waals surface area contributed by atoms with Crippen molar-refractivity contribution in [3.8, 4) is 0 Å². The highest BCUT2D eigenvalue weighted by atomic mass is 79.9. The zero-order valence-corrected chi connectivity index (χ0v) is 16.1. The molecule has 0 radical (unpaired) electrons. The molecule has 1 aromatic carbocycles. The molecule has 2 aromatic rings. The van der Waals surface area contributed by atoms with E-state index in [9.17, 15) is 13.2 Å². The Balaban J connectivity index is 1.56. The minimum Gasteiger partial charge on any atom is -0.321 e. The van der Waals surface area contributed by atoms with Crippen LogP contribution in [0.1, 0.15) is 15.2 Å². The van der Waals surface area contributed by atoms with Gasteiger partial charge in [-0.3, -0.25) is 9.69 Å². The summed E-state index contributed by atoms with van der Waals surface area (Å²) in [4.78, 5) is 14.9. The second-order valence-corrected chi connectivity index (χ2v) is 10.4. The van der Waals surface area contributed by atoms with Gasteiger partial charge in [0.15, 0.2) is 9.84 Å². The van der Waals surface area contributed by atoms with E-state index in [1.807, 2.05) is 30.3 Å². The predicted molar refractivity (Wildman–Crippen MR) is 100 cm³/mol. The molecule has 1 aliphatic rings. The van der Waals surface area contributed by atoms with E-state index in [4.69, 9.17) is 0 Å². The average molecular weight is 429 g/mol. The van der Waals surface area contributed by atoms with Crippen LogP contribution in [0.2, 0.25) is 0 Å². The van der Waals surface area contributed by atoms with Crippen molar-refractivity contribution >= 4 is 48.7 Å². The summed E-state index contributed by atoms with van der Waals surface area (Å²) >= 11 is 4.74. The summed E-state index contributed by atoms with van der Waals surface area (Å²) in [6, 6.07) is 11.3. The normalized spacial score (nSPS) is 17.5. The zero-order chi connectivity index (χ0) is 17.2. The van der Waals surface area contributed by atoms with E-state index < -0.39 is 9.84 Å². The van der Waals surface area contributed by atoms with Gasteiger partial charge in [0.1, 0.15) is 0 Å². The Kier molecular flexibility index (Phi) is 5.39. The molecule has 1 aliphatic heterocycles. The van der Waals surface area contributed by atoms with Crippen molar-refractivity contribution in [2.24, 2.45) is 0 Å². The SMILES string of the molecule is O=C(Nc1ccc(CN2CCS(=O)(=O)CC2)cc1)c1ccc(Br)s1. The first-order valence-electron chi connectivity index (χ1n) is 7.50. The van der Waals surface area contributed by atoms with Gasteiger partial charge in [0.2, 0.25) is 0 Å². The number of hydrogen-bond acceptors (Lipinski definition) is 5. The fourth-order valence-electron chi connectivity index (χ4n) is 2.49. The van der Waals surface area contributed by atoms with E-state index in [0.717, 1.165) is 21.6 Å². The predicted octanol–water partition coefficient (Wildman–Crippen LogP) is 2.99. The van der Waals surface area contributed by atoms with E-state index >= 15 is 0 Å². The summed E-state index contributed by atoms with van der Waals surface area (Å²) < 4.78 is 23.8. The molecule has 0 unspecified atom stereocenters. The molecule has 0 saturated carbocycles. The summed E-state index contributed by atoms with van der Waals surface area (Å²) in [6.07, 6.45) is 0. The molecule has 24 heavy (non-hydrogen) atoms. The number of halogens is 1. The third-order valence-corrected chi connectivity index (χ3v) is 7.08. The summed E-state index contributed by atoms with van der Waals surface area (Å²) in [5.41, 5.74) is 1.85. The lowest BCUT2D eigenvalue weighted by Crippen LogP contribution is -2.39. The van der Waals surface area contributed by atoms with Crippen LogP contribution in [0.4, 0.5) is 5.69 Å². The molecule has 0 aliphatic carbocycles. The Labute approximate surface area is 153 Å². The van der Waals surface area contributed by atoms with E-state index in [1.54, 1.807) is 6.07 Å². The molecule has 1 N–H and O–H groups in total. The maximum Gasteiger partial charge on any atom is 0.265 e. The van der Waals surface area contributed by atoms with Gasteiger partial charge in [-0.2, -0.15) is 0 Å². The van der Waals surface area contributed by atoms with Crippen LogP contribution in [0.25, 0.3) is 0 Å². The summed E-state index contributed by atoms with van der Waals surface area (Å²) in [5.74, 6) is 0.342. The van der Waals surface area contributed by atoms with Crippen molar-refractivity contribution in [3.05, 3.63) is 50.6 Å². The molecular formula is C16H17BrN2O3S2. The second-order valence-electron chi connectivity index (χ2n) is 5.68. The summed E-state index contributed by atoms with van der Waals surface area (Å²) in [6.45, 7) is 1.88. The number of benzene rings is 1. The third-order valence-electron chi connectivity index (χ3n) is 3.85. The van der Waals surface area contributed by atoms with Crippen molar-refractivity contribution in [2.75, 3.05) is 29.9 Å². The van der Waals surface area contributed by atoms with Crippen LogP contribution >= 0.6 is 27.3 Å². The number of nitrogens with one attached hydrogen (secondary N) is 1. The monoisotopic (exact) mass is 428 g/mol. The highest BCUT2D eigenvalue weighted by molar-refractivity contribution is 9.11.